The van der Waals surface area contributed by atoms with E-state index < -0.39 is 11.9 Å². The van der Waals surface area contributed by atoms with Crippen LogP contribution in [0, 0.1) is 17.9 Å². The highest BCUT2D eigenvalue weighted by Crippen LogP contribution is 2.40. The molecule has 13 nitrogen and oxygen atoms in total. The van der Waals surface area contributed by atoms with Crippen LogP contribution in [0.15, 0.2) is 97.6 Å². The second kappa shape index (κ2) is 20.6. The van der Waals surface area contributed by atoms with Crippen LogP contribution in [0.3, 0.4) is 0 Å². The Bertz CT molecular complexity index is 2700. The van der Waals surface area contributed by atoms with Crippen molar-refractivity contribution >= 4 is 64.0 Å². The van der Waals surface area contributed by atoms with Crippen LogP contribution in [-0.4, -0.2) is 45.2 Å². The van der Waals surface area contributed by atoms with Crippen molar-refractivity contribution in [3.05, 3.63) is 168 Å². The van der Waals surface area contributed by atoms with Crippen molar-refractivity contribution in [3.8, 4) is 40.2 Å². The number of nitrogens with one attached hydrogen (secondary N) is 1. The molecule has 0 saturated heterocycles. The van der Waals surface area contributed by atoms with Gasteiger partial charge in [0.25, 0.3) is 5.91 Å². The largest absolute Gasteiger partial charge is 0.488 e. The molecule has 0 aliphatic heterocycles. The van der Waals surface area contributed by atoms with E-state index in [4.69, 9.17) is 71.9 Å². The molecule has 0 unspecified atom stereocenters. The number of carboxylic acid groups (broad SMARTS) is 1. The molecule has 1 amide bonds. The fourth-order valence-corrected chi connectivity index (χ4v) is 6.81. The Hall–Kier alpha value is -6.58. The molecule has 2 aromatic heterocycles. The van der Waals surface area contributed by atoms with E-state index in [1.807, 2.05) is 6.07 Å². The Labute approximate surface area is 369 Å². The van der Waals surface area contributed by atoms with Crippen LogP contribution in [0.4, 0.5) is 5.69 Å². The Morgan fingerprint density at radius 2 is 1.23 bits per heavy atom. The van der Waals surface area contributed by atoms with Crippen molar-refractivity contribution in [1.29, 1.82) is 5.26 Å². The van der Waals surface area contributed by atoms with Gasteiger partial charge in [-0.1, -0.05) is 82.8 Å². The fourth-order valence-electron chi connectivity index (χ4n) is 5.81. The number of ether oxygens (including phenoxy) is 4. The highest BCUT2D eigenvalue weighted by Gasteiger charge is 2.21. The van der Waals surface area contributed by atoms with E-state index in [0.29, 0.717) is 54.7 Å². The van der Waals surface area contributed by atoms with E-state index in [1.54, 1.807) is 54.7 Å². The van der Waals surface area contributed by atoms with Gasteiger partial charge >= 0.3 is 5.97 Å². The number of hydrogen-bond donors (Lipinski definition) is 3. The molecule has 0 atom stereocenters. The van der Waals surface area contributed by atoms with E-state index in [2.05, 4.69) is 20.1 Å². The number of aliphatic hydroxyl groups is 1. The van der Waals surface area contributed by atoms with E-state index in [9.17, 15) is 25.1 Å². The summed E-state index contributed by atoms with van der Waals surface area (Å²) in [5.41, 5.74) is 4.04. The van der Waals surface area contributed by atoms with E-state index in [0.717, 1.165) is 0 Å². The van der Waals surface area contributed by atoms with Crippen molar-refractivity contribution < 1.29 is 38.7 Å². The van der Waals surface area contributed by atoms with Crippen LogP contribution in [0.1, 0.15) is 48.5 Å². The zero-order valence-electron chi connectivity index (χ0n) is 31.6. The zero-order chi connectivity index (χ0) is 43.5. The second-order valence-electron chi connectivity index (χ2n) is 12.9. The van der Waals surface area contributed by atoms with Crippen LogP contribution < -0.4 is 24.3 Å². The first-order valence-electron chi connectivity index (χ1n) is 18.0. The number of carbonyl (C=O) groups excluding carboxylic acids is 1. The number of carbonyl (C=O) groups is 2. The number of aromatic carboxylic acids is 1. The molecule has 6 rings (SSSR count). The Morgan fingerprint density at radius 1 is 0.705 bits per heavy atom. The lowest BCUT2D eigenvalue weighted by Crippen LogP contribution is -2.27. The quantitative estimate of drug-likeness (QED) is 0.0743. The minimum atomic E-state index is -1.26. The summed E-state index contributed by atoms with van der Waals surface area (Å²) in [5, 5.41) is 31.6. The molecule has 0 bridgehead atoms. The van der Waals surface area contributed by atoms with E-state index in [-0.39, 0.29) is 83.7 Å². The lowest BCUT2D eigenvalue weighted by atomic mass is 10.0. The minimum Gasteiger partial charge on any atom is -0.488 e. The Balaban J connectivity index is 1.20. The molecule has 4 aromatic carbocycles. The molecule has 308 valence electrons. The Kier molecular flexibility index (Phi) is 14.9. The highest BCUT2D eigenvalue weighted by molar-refractivity contribution is 6.37. The maximum atomic E-state index is 13.0. The molecule has 3 N–H and O–H groups in total. The predicted octanol–water partition coefficient (Wildman–Crippen LogP) is 9.92. The number of amides is 1. The lowest BCUT2D eigenvalue weighted by molar-refractivity contribution is 0.0691. The SMILES string of the molecule is [C-]#[N+]c1cncc(COc2cc(OCc3cccc(-c4cccc(COc5cc(OCc6cncc(C#N)c6)c(C(=O)O)cc5Cl)c4Cl)c3Cl)c(Cl)cc2C(=O)NCCO)c1. The molecular formula is C44H31Cl4N5O8. The molecular weight excluding hydrogens is 868 g/mol. The molecule has 6 aromatic rings. The van der Waals surface area contributed by atoms with Crippen molar-refractivity contribution in [2.24, 2.45) is 0 Å². The number of pyridine rings is 2. The van der Waals surface area contributed by atoms with Crippen LogP contribution in [0.25, 0.3) is 16.0 Å². The normalized spacial score (nSPS) is 10.6. The maximum absolute atomic E-state index is 13.0. The van der Waals surface area contributed by atoms with Gasteiger partial charge in [0.1, 0.15) is 61.1 Å². The molecule has 17 heteroatoms. The van der Waals surface area contributed by atoms with Crippen LogP contribution in [0.2, 0.25) is 20.1 Å². The third kappa shape index (κ3) is 11.0. The first-order chi connectivity index (χ1) is 29.5. The van der Waals surface area contributed by atoms with Crippen molar-refractivity contribution in [2.75, 3.05) is 13.2 Å². The zero-order valence-corrected chi connectivity index (χ0v) is 34.6. The summed E-state index contributed by atoms with van der Waals surface area (Å²) >= 11 is 27.0. The smallest absolute Gasteiger partial charge is 0.339 e. The molecule has 0 fully saturated rings. The van der Waals surface area contributed by atoms with E-state index in [1.165, 1.54) is 42.9 Å². The molecule has 0 radical (unpaired) electrons. The van der Waals surface area contributed by atoms with E-state index >= 15 is 0 Å². The third-order valence-electron chi connectivity index (χ3n) is 8.78. The highest BCUT2D eigenvalue weighted by atomic mass is 35.5. The van der Waals surface area contributed by atoms with Gasteiger partial charge in [-0.15, -0.1) is 0 Å². The number of nitriles is 1. The van der Waals surface area contributed by atoms with Crippen LogP contribution in [0.5, 0.6) is 23.0 Å². The number of carboxylic acids is 1. The summed E-state index contributed by atoms with van der Waals surface area (Å²) in [5.74, 6) is -1.34. The number of halogens is 4. The number of nitrogens with zero attached hydrogens (tertiary/aromatic N) is 4. The third-order valence-corrected chi connectivity index (χ3v) is 10.3. The first-order valence-corrected chi connectivity index (χ1v) is 19.5. The second-order valence-corrected chi connectivity index (χ2v) is 14.5. The van der Waals surface area contributed by atoms with Gasteiger partial charge in [-0.25, -0.2) is 9.64 Å². The maximum Gasteiger partial charge on any atom is 0.339 e. The van der Waals surface area contributed by atoms with Crippen LogP contribution >= 0.6 is 46.4 Å². The monoisotopic (exact) mass is 897 g/mol. The summed E-state index contributed by atoms with van der Waals surface area (Å²) in [6.45, 7) is 6.80. The number of hydrogen-bond acceptors (Lipinski definition) is 10. The van der Waals surface area contributed by atoms with Gasteiger partial charge in [0.2, 0.25) is 5.69 Å². The lowest BCUT2D eigenvalue weighted by Gasteiger charge is -2.17. The van der Waals surface area contributed by atoms with Gasteiger partial charge in [-0.2, -0.15) is 5.26 Å². The molecule has 0 saturated carbocycles. The molecule has 0 spiro atoms. The summed E-state index contributed by atoms with van der Waals surface area (Å²) in [6, 6.07) is 21.3. The Morgan fingerprint density at radius 3 is 1.77 bits per heavy atom. The summed E-state index contributed by atoms with van der Waals surface area (Å²) in [4.78, 5) is 36.4. The van der Waals surface area contributed by atoms with Crippen molar-refractivity contribution in [2.45, 2.75) is 26.4 Å². The molecule has 2 heterocycles. The molecule has 0 aliphatic carbocycles. The summed E-state index contributed by atoms with van der Waals surface area (Å²) in [7, 11) is 0. The fraction of sp³-hybridized carbons (Fsp3) is 0.136. The van der Waals surface area contributed by atoms with Gasteiger partial charge in [-0.05, 0) is 29.8 Å². The number of rotatable bonds is 17. The first kappa shape index (κ1) is 44.0. The molecule has 61 heavy (non-hydrogen) atoms. The van der Waals surface area contributed by atoms with Crippen molar-refractivity contribution in [3.63, 3.8) is 0 Å². The minimum absolute atomic E-state index is 0.00763. The number of aliphatic hydroxyl groups excluding tert-OH is 1. The van der Waals surface area contributed by atoms with Crippen LogP contribution in [-0.2, 0) is 26.4 Å². The van der Waals surface area contributed by atoms with Gasteiger partial charge in [0.15, 0.2) is 0 Å². The number of aromatic nitrogens is 2. The number of benzene rings is 4. The van der Waals surface area contributed by atoms with Gasteiger partial charge in [-0.3, -0.25) is 14.8 Å². The average molecular weight is 900 g/mol. The van der Waals surface area contributed by atoms with Gasteiger partial charge < -0.3 is 34.5 Å². The summed E-state index contributed by atoms with van der Waals surface area (Å²) < 4.78 is 24.0. The predicted molar refractivity (Wildman–Crippen MR) is 228 cm³/mol. The van der Waals surface area contributed by atoms with Gasteiger partial charge in [0, 0.05) is 71.3 Å². The standard InChI is InChI=1S/C44H31Cl4N5O8/c1-50-30-11-27(19-52-20-30)22-58-37-14-39(35(45)12-33(37)43(55)53-8-9-54)60-23-28-4-2-6-31(41(28)47)32-7-3-5-29(42(32)48)24-61-40-15-38(34(44(56)57)13-36(40)46)59-21-26-10-25(16-49)17-51-18-26/h2-7,10-15,17-20,54H,8-9,21-24H2,(H,53,55)(H,56,57). The summed E-state index contributed by atoms with van der Waals surface area (Å²) in [6.07, 6.45) is 5.87. The topological polar surface area (TPSA) is 177 Å². The average Bonchev–Trinajstić information content (AvgIpc) is 3.27. The van der Waals surface area contributed by atoms with Crippen molar-refractivity contribution in [1.82, 2.24) is 15.3 Å². The van der Waals surface area contributed by atoms with Gasteiger partial charge in [0.05, 0.1) is 44.4 Å². The molecule has 0 aliphatic rings.